The van der Waals surface area contributed by atoms with Gasteiger partial charge in [-0.1, -0.05) is 24.8 Å². The van der Waals surface area contributed by atoms with Crippen LogP contribution < -0.4 is 10.6 Å². The number of nitrogen functional groups attached to an aromatic ring is 1. The molecule has 0 radical (unpaired) electrons. The number of nitrogens with zero attached hydrogens (tertiary/aromatic N) is 5. The van der Waals surface area contributed by atoms with Gasteiger partial charge >= 0.3 is 0 Å². The molecule has 1 aliphatic carbocycles. The number of anilines is 2. The van der Waals surface area contributed by atoms with Crippen LogP contribution >= 0.6 is 0 Å². The fraction of sp³-hybridized carbons (Fsp3) is 0.419. The molecule has 2 aliphatic heterocycles. The Bertz CT molecular complexity index is 1510. The van der Waals surface area contributed by atoms with Crippen molar-refractivity contribution in [1.29, 1.82) is 0 Å². The molecular weight excluding hydrogens is 488 g/mol. The van der Waals surface area contributed by atoms with E-state index >= 15 is 0 Å². The summed E-state index contributed by atoms with van der Waals surface area (Å²) in [5.74, 6) is 0.725. The highest BCUT2D eigenvalue weighted by Gasteiger charge is 2.40. The zero-order chi connectivity index (χ0) is 27.3. The number of likely N-dealkylation sites (tertiary alicyclic amines) is 1. The Morgan fingerprint density at radius 3 is 2.46 bits per heavy atom. The molecular formula is C31H36N6O2. The number of benzene rings is 1. The highest BCUT2D eigenvalue weighted by Crippen LogP contribution is 2.46. The van der Waals surface area contributed by atoms with Crippen molar-refractivity contribution in [1.82, 2.24) is 19.4 Å². The van der Waals surface area contributed by atoms with Crippen LogP contribution in [-0.4, -0.2) is 57.3 Å². The molecule has 1 amide bonds. The van der Waals surface area contributed by atoms with Gasteiger partial charge in [-0.05, 0) is 81.8 Å². The minimum absolute atomic E-state index is 0.00802. The number of ketones is 1. The molecule has 1 aromatic carbocycles. The summed E-state index contributed by atoms with van der Waals surface area (Å²) in [5.41, 5.74) is 12.7. The molecule has 3 aromatic rings. The molecule has 6 rings (SSSR count). The summed E-state index contributed by atoms with van der Waals surface area (Å²) in [6.07, 6.45) is 9.21. The summed E-state index contributed by atoms with van der Waals surface area (Å²) in [6, 6.07) is 8.10. The molecule has 2 aromatic heterocycles. The van der Waals surface area contributed by atoms with Crippen molar-refractivity contribution in [3.63, 3.8) is 0 Å². The van der Waals surface area contributed by atoms with Gasteiger partial charge in [0.2, 0.25) is 0 Å². The van der Waals surface area contributed by atoms with Crippen molar-refractivity contribution in [2.75, 3.05) is 36.8 Å². The Kier molecular flexibility index (Phi) is 6.38. The molecule has 1 atom stereocenters. The van der Waals surface area contributed by atoms with Gasteiger partial charge in [-0.15, -0.1) is 0 Å². The van der Waals surface area contributed by atoms with Gasteiger partial charge in [-0.3, -0.25) is 9.59 Å². The predicted molar refractivity (Wildman–Crippen MR) is 155 cm³/mol. The summed E-state index contributed by atoms with van der Waals surface area (Å²) in [5, 5.41) is 0.853. The largest absolute Gasteiger partial charge is 0.383 e. The molecule has 2 N–H and O–H groups in total. The van der Waals surface area contributed by atoms with Crippen LogP contribution in [0.15, 0.2) is 48.8 Å². The zero-order valence-electron chi connectivity index (χ0n) is 22.9. The topological polar surface area (TPSA) is 97.3 Å². The number of allylic oxidation sites excluding steroid dienone is 2. The van der Waals surface area contributed by atoms with Crippen molar-refractivity contribution in [3.8, 4) is 11.3 Å². The maximum Gasteiger partial charge on any atom is 0.253 e. The van der Waals surface area contributed by atoms with Gasteiger partial charge in [-0.2, -0.15) is 0 Å². The molecule has 202 valence electrons. The van der Waals surface area contributed by atoms with Gasteiger partial charge in [0.25, 0.3) is 5.91 Å². The lowest BCUT2D eigenvalue weighted by atomic mass is 9.70. The van der Waals surface area contributed by atoms with Crippen LogP contribution in [0.4, 0.5) is 11.5 Å². The lowest BCUT2D eigenvalue weighted by molar-refractivity contribution is -0.128. The van der Waals surface area contributed by atoms with Gasteiger partial charge in [0, 0.05) is 42.4 Å². The number of nitrogens with two attached hydrogens (primary N) is 1. The molecule has 4 heterocycles. The number of amides is 1. The van der Waals surface area contributed by atoms with Crippen molar-refractivity contribution in [2.45, 2.75) is 45.4 Å². The maximum absolute atomic E-state index is 13.0. The zero-order valence-corrected chi connectivity index (χ0v) is 22.9. The van der Waals surface area contributed by atoms with Crippen LogP contribution in [0.3, 0.4) is 0 Å². The summed E-state index contributed by atoms with van der Waals surface area (Å²) in [6.45, 7) is 9.30. The molecule has 8 nitrogen and oxygen atoms in total. The Labute approximate surface area is 229 Å². The van der Waals surface area contributed by atoms with Crippen LogP contribution in [0.5, 0.6) is 0 Å². The Balaban J connectivity index is 1.41. The standard InChI is InChI=1S/C31H36N6O2/c1-20-12-17-37(30(20)39)24-8-6-23(7-9-24)27-25(26-28(32)33-19-34-29(26)35(27)3)22-10-13-31(14-11-22,21(2)38)18-36-15-4-5-16-36/h6-10,19H,1,4-5,11-18H2,2-3H3,(H2,32,33,34)/t31-/m0/s1. The Morgan fingerprint density at radius 1 is 1.10 bits per heavy atom. The number of hydrogen-bond acceptors (Lipinski definition) is 6. The first-order valence-corrected chi connectivity index (χ1v) is 13.9. The van der Waals surface area contributed by atoms with Crippen molar-refractivity contribution >= 4 is 39.8 Å². The summed E-state index contributed by atoms with van der Waals surface area (Å²) < 4.78 is 2.08. The molecule has 0 bridgehead atoms. The van der Waals surface area contributed by atoms with Gasteiger partial charge in [0.15, 0.2) is 0 Å². The van der Waals surface area contributed by atoms with Crippen LogP contribution in [0, 0.1) is 5.41 Å². The molecule has 0 spiro atoms. The molecule has 2 fully saturated rings. The first-order valence-electron chi connectivity index (χ1n) is 13.9. The highest BCUT2D eigenvalue weighted by atomic mass is 16.2. The number of rotatable bonds is 6. The maximum atomic E-state index is 13.0. The minimum Gasteiger partial charge on any atom is -0.383 e. The van der Waals surface area contributed by atoms with Crippen molar-refractivity contribution in [3.05, 3.63) is 54.4 Å². The van der Waals surface area contributed by atoms with Crippen LogP contribution in [0.2, 0.25) is 0 Å². The number of Topliss-reactive ketones (excluding diaryl/α,β-unsaturated/α-hetero) is 1. The molecule has 0 unspecified atom stereocenters. The number of fused-ring (bicyclic) bond motifs is 1. The molecule has 8 heteroatoms. The predicted octanol–water partition coefficient (Wildman–Crippen LogP) is 4.75. The number of aromatic nitrogens is 3. The highest BCUT2D eigenvalue weighted by molar-refractivity contribution is 6.08. The number of carbonyl (C=O) groups is 2. The van der Waals surface area contributed by atoms with E-state index in [1.54, 1.807) is 11.8 Å². The SMILES string of the molecule is C=C1CCN(c2ccc(-c3c(C4=CC[C@](CN5CCCC5)(C(C)=O)CC4)c4c(N)ncnc4n3C)cc2)C1=O. The van der Waals surface area contributed by atoms with E-state index in [9.17, 15) is 9.59 Å². The first-order chi connectivity index (χ1) is 18.8. The smallest absolute Gasteiger partial charge is 0.253 e. The second kappa shape index (κ2) is 9.75. The number of carbonyl (C=O) groups excluding carboxylic acids is 2. The van der Waals surface area contributed by atoms with Gasteiger partial charge in [0.05, 0.1) is 11.1 Å². The molecule has 39 heavy (non-hydrogen) atoms. The van der Waals surface area contributed by atoms with Crippen molar-refractivity contribution < 1.29 is 9.59 Å². The lowest BCUT2D eigenvalue weighted by Gasteiger charge is -2.37. The summed E-state index contributed by atoms with van der Waals surface area (Å²) in [4.78, 5) is 38.6. The van der Waals surface area contributed by atoms with E-state index < -0.39 is 0 Å². The summed E-state index contributed by atoms with van der Waals surface area (Å²) >= 11 is 0. The van der Waals surface area contributed by atoms with Crippen molar-refractivity contribution in [2.24, 2.45) is 12.5 Å². The number of aryl methyl sites for hydroxylation is 1. The van der Waals surface area contributed by atoms with E-state index in [4.69, 9.17) is 5.73 Å². The van der Waals surface area contributed by atoms with Crippen LogP contribution in [0.1, 0.15) is 51.0 Å². The second-order valence-corrected chi connectivity index (χ2v) is 11.4. The third kappa shape index (κ3) is 4.27. The molecule has 2 saturated heterocycles. The third-order valence-electron chi connectivity index (χ3n) is 9.04. The fourth-order valence-corrected chi connectivity index (χ4v) is 6.69. The van der Waals surface area contributed by atoms with Gasteiger partial charge in [0.1, 0.15) is 23.6 Å². The van der Waals surface area contributed by atoms with Crippen LogP contribution in [-0.2, 0) is 16.6 Å². The monoisotopic (exact) mass is 524 g/mol. The van der Waals surface area contributed by atoms with E-state index in [1.807, 2.05) is 19.2 Å². The van der Waals surface area contributed by atoms with E-state index in [1.165, 1.54) is 24.7 Å². The van der Waals surface area contributed by atoms with E-state index in [-0.39, 0.29) is 17.1 Å². The van der Waals surface area contributed by atoms with E-state index in [0.717, 1.165) is 72.4 Å². The quantitative estimate of drug-likeness (QED) is 0.468. The third-order valence-corrected chi connectivity index (χ3v) is 9.04. The number of hydrogen-bond donors (Lipinski definition) is 1. The first kappa shape index (κ1) is 25.5. The fourth-order valence-electron chi connectivity index (χ4n) is 6.69. The average Bonchev–Trinajstić information content (AvgIpc) is 3.64. The lowest BCUT2D eigenvalue weighted by Crippen LogP contribution is -2.42. The second-order valence-electron chi connectivity index (χ2n) is 11.4. The normalized spacial score (nSPS) is 22.2. The average molecular weight is 525 g/mol. The van der Waals surface area contributed by atoms with Gasteiger partial charge in [-0.25, -0.2) is 9.97 Å². The van der Waals surface area contributed by atoms with E-state index in [2.05, 4.69) is 44.2 Å². The Hall–Kier alpha value is -3.78. The molecule has 3 aliphatic rings. The summed E-state index contributed by atoms with van der Waals surface area (Å²) in [7, 11) is 2.01. The Morgan fingerprint density at radius 2 is 1.85 bits per heavy atom. The minimum atomic E-state index is -0.339. The van der Waals surface area contributed by atoms with E-state index in [0.29, 0.717) is 24.4 Å². The molecule has 0 saturated carbocycles. The van der Waals surface area contributed by atoms with Gasteiger partial charge < -0.3 is 20.1 Å². The van der Waals surface area contributed by atoms with Crippen LogP contribution in [0.25, 0.3) is 27.9 Å².